The van der Waals surface area contributed by atoms with Crippen LogP contribution in [0.15, 0.2) is 0 Å². The third kappa shape index (κ3) is 4.36. The molecule has 0 aromatic rings. The lowest BCUT2D eigenvalue weighted by atomic mass is 10.6. The number of rotatable bonds is 4. The van der Waals surface area contributed by atoms with E-state index in [1.165, 1.54) is 0 Å². The maximum absolute atomic E-state index is 11.2. The molecule has 0 aliphatic carbocycles. The van der Waals surface area contributed by atoms with E-state index in [9.17, 15) is 9.59 Å². The van der Waals surface area contributed by atoms with Gasteiger partial charge in [0.25, 0.3) is 0 Å². The van der Waals surface area contributed by atoms with Crippen molar-refractivity contribution < 1.29 is 19.1 Å². The van der Waals surface area contributed by atoms with Crippen LogP contribution in [0.25, 0.3) is 0 Å². The minimum Gasteiger partial charge on any atom is -0.449 e. The number of carbonyl (C=O) groups excluding carboxylic acids is 2. The second-order valence-electron chi connectivity index (χ2n) is 2.27. The first-order chi connectivity index (χ1) is 6.67. The van der Waals surface area contributed by atoms with Gasteiger partial charge in [0.15, 0.2) is 0 Å². The smallest absolute Gasteiger partial charge is 0.419 e. The normalized spacial score (nSPS) is 9.36. The van der Waals surface area contributed by atoms with E-state index in [2.05, 4.69) is 22.1 Å². The molecule has 0 aliphatic heterocycles. The van der Waals surface area contributed by atoms with Crippen LogP contribution in [0.4, 0.5) is 9.59 Å². The topological polar surface area (TPSA) is 55.8 Å². The Labute approximate surface area is 88.8 Å². The highest BCUT2D eigenvalue weighted by molar-refractivity contribution is 7.80. The fourth-order valence-corrected chi connectivity index (χ4v) is 0.960. The lowest BCUT2D eigenvalue weighted by Gasteiger charge is -2.17. The van der Waals surface area contributed by atoms with Gasteiger partial charge in [-0.1, -0.05) is 0 Å². The molecule has 0 bridgehead atoms. The summed E-state index contributed by atoms with van der Waals surface area (Å²) in [5.41, 5.74) is 0. The Morgan fingerprint density at radius 1 is 1.14 bits per heavy atom. The molecule has 0 rings (SSSR count). The van der Waals surface area contributed by atoms with Gasteiger partial charge < -0.3 is 9.47 Å². The van der Waals surface area contributed by atoms with Crippen LogP contribution in [0.5, 0.6) is 0 Å². The van der Waals surface area contributed by atoms with Gasteiger partial charge in [-0.25, -0.2) is 14.5 Å². The summed E-state index contributed by atoms with van der Waals surface area (Å²) in [7, 11) is 0. The molecule has 0 spiro atoms. The van der Waals surface area contributed by atoms with Gasteiger partial charge in [0.05, 0.1) is 13.2 Å². The predicted octanol–water partition coefficient (Wildman–Crippen LogP) is 1.53. The largest absolute Gasteiger partial charge is 0.449 e. The second-order valence-corrected chi connectivity index (χ2v) is 2.72. The maximum atomic E-state index is 11.2. The van der Waals surface area contributed by atoms with Gasteiger partial charge in [-0.3, -0.25) is 0 Å². The van der Waals surface area contributed by atoms with Crippen molar-refractivity contribution in [2.24, 2.45) is 0 Å². The monoisotopic (exact) mass is 221 g/mol. The summed E-state index contributed by atoms with van der Waals surface area (Å²) in [6, 6.07) is 0. The van der Waals surface area contributed by atoms with Gasteiger partial charge in [0.1, 0.15) is 0 Å². The lowest BCUT2D eigenvalue weighted by Crippen LogP contribution is -2.39. The molecule has 14 heavy (non-hydrogen) atoms. The highest BCUT2D eigenvalue weighted by Gasteiger charge is 2.22. The number of amides is 2. The Morgan fingerprint density at radius 3 is 1.86 bits per heavy atom. The van der Waals surface area contributed by atoms with E-state index in [1.807, 2.05) is 0 Å². The highest BCUT2D eigenvalue weighted by Crippen LogP contribution is 1.99. The van der Waals surface area contributed by atoms with Gasteiger partial charge in [-0.2, -0.15) is 12.6 Å². The highest BCUT2D eigenvalue weighted by atomic mass is 32.1. The molecule has 5 nitrogen and oxygen atoms in total. The third-order valence-electron chi connectivity index (χ3n) is 1.30. The summed E-state index contributed by atoms with van der Waals surface area (Å²) in [4.78, 5) is 23.3. The van der Waals surface area contributed by atoms with Gasteiger partial charge in [0, 0.05) is 12.3 Å². The van der Waals surface area contributed by atoms with Crippen molar-refractivity contribution >= 4 is 24.8 Å². The van der Waals surface area contributed by atoms with Crippen molar-refractivity contribution in [3.05, 3.63) is 0 Å². The zero-order chi connectivity index (χ0) is 11.0. The number of carbonyl (C=O) groups is 2. The molecule has 0 unspecified atom stereocenters. The van der Waals surface area contributed by atoms with Crippen LogP contribution in [0.1, 0.15) is 13.8 Å². The molecule has 0 radical (unpaired) electrons. The minimum absolute atomic E-state index is 0.181. The van der Waals surface area contributed by atoms with Crippen LogP contribution in [-0.4, -0.2) is 42.6 Å². The molecule has 0 saturated carbocycles. The number of hydrogen-bond acceptors (Lipinski definition) is 5. The van der Waals surface area contributed by atoms with Crippen molar-refractivity contribution in [1.29, 1.82) is 0 Å². The zero-order valence-electron chi connectivity index (χ0n) is 8.36. The van der Waals surface area contributed by atoms with E-state index in [-0.39, 0.29) is 19.8 Å². The van der Waals surface area contributed by atoms with Crippen LogP contribution < -0.4 is 0 Å². The summed E-state index contributed by atoms with van der Waals surface area (Å²) >= 11 is 3.93. The SMILES string of the molecule is CCOC(=O)N(CCS)C(=O)OCC. The fourth-order valence-electron chi connectivity index (χ4n) is 0.760. The third-order valence-corrected chi connectivity index (χ3v) is 1.50. The van der Waals surface area contributed by atoms with Crippen LogP contribution >= 0.6 is 12.6 Å². The van der Waals surface area contributed by atoms with Crippen molar-refractivity contribution in [2.75, 3.05) is 25.5 Å². The Hall–Kier alpha value is -0.910. The molecule has 0 aromatic heterocycles. The molecule has 82 valence electrons. The Bertz CT molecular complexity index is 180. The summed E-state index contributed by atoms with van der Waals surface area (Å²) in [5.74, 6) is 0.373. The Morgan fingerprint density at radius 2 is 1.57 bits per heavy atom. The average Bonchev–Trinajstić information content (AvgIpc) is 2.14. The molecular weight excluding hydrogens is 206 g/mol. The lowest BCUT2D eigenvalue weighted by molar-refractivity contribution is 0.0835. The van der Waals surface area contributed by atoms with Crippen molar-refractivity contribution in [3.63, 3.8) is 0 Å². The van der Waals surface area contributed by atoms with Gasteiger partial charge in [-0.15, -0.1) is 0 Å². The van der Waals surface area contributed by atoms with E-state index < -0.39 is 12.2 Å². The standard InChI is InChI=1S/C8H15NO4S/c1-3-12-7(10)9(5-6-14)8(11)13-4-2/h14H,3-6H2,1-2H3. The van der Waals surface area contributed by atoms with Crippen LogP contribution in [0.3, 0.4) is 0 Å². The number of ether oxygens (including phenoxy) is 2. The first-order valence-electron chi connectivity index (χ1n) is 4.39. The van der Waals surface area contributed by atoms with E-state index in [0.29, 0.717) is 5.75 Å². The van der Waals surface area contributed by atoms with Gasteiger partial charge in [0.2, 0.25) is 0 Å². The molecule has 0 N–H and O–H groups in total. The van der Waals surface area contributed by atoms with Crippen LogP contribution in [-0.2, 0) is 9.47 Å². The van der Waals surface area contributed by atoms with Gasteiger partial charge >= 0.3 is 12.2 Å². The van der Waals surface area contributed by atoms with Crippen LogP contribution in [0.2, 0.25) is 0 Å². The first kappa shape index (κ1) is 13.1. The summed E-state index contributed by atoms with van der Waals surface area (Å²) in [6.07, 6.45) is -1.39. The van der Waals surface area contributed by atoms with E-state index in [4.69, 9.17) is 0 Å². The van der Waals surface area contributed by atoms with Crippen LogP contribution in [0, 0.1) is 0 Å². The second kappa shape index (κ2) is 7.49. The molecule has 6 heteroatoms. The summed E-state index contributed by atoms with van der Waals surface area (Å²) in [6.45, 7) is 3.97. The maximum Gasteiger partial charge on any atom is 0.419 e. The molecule has 0 aromatic carbocycles. The van der Waals surface area contributed by atoms with E-state index >= 15 is 0 Å². The fraction of sp³-hybridized carbons (Fsp3) is 0.750. The molecule has 0 aliphatic rings. The summed E-state index contributed by atoms with van der Waals surface area (Å²) < 4.78 is 9.35. The predicted molar refractivity (Wildman–Crippen MR) is 54.6 cm³/mol. The molecular formula is C8H15NO4S. The molecule has 0 fully saturated rings. The quantitative estimate of drug-likeness (QED) is 0.731. The Balaban J connectivity index is 4.25. The number of nitrogens with zero attached hydrogens (tertiary/aromatic N) is 1. The van der Waals surface area contributed by atoms with E-state index in [1.54, 1.807) is 13.8 Å². The van der Waals surface area contributed by atoms with Crippen molar-refractivity contribution in [1.82, 2.24) is 4.90 Å². The minimum atomic E-state index is -0.694. The number of imide groups is 1. The van der Waals surface area contributed by atoms with Crippen molar-refractivity contribution in [3.8, 4) is 0 Å². The molecule has 0 atom stereocenters. The number of thiol groups is 1. The average molecular weight is 221 g/mol. The zero-order valence-corrected chi connectivity index (χ0v) is 9.25. The molecule has 0 heterocycles. The van der Waals surface area contributed by atoms with E-state index in [0.717, 1.165) is 4.90 Å². The van der Waals surface area contributed by atoms with Crippen molar-refractivity contribution in [2.45, 2.75) is 13.8 Å². The first-order valence-corrected chi connectivity index (χ1v) is 5.02. The summed E-state index contributed by atoms with van der Waals surface area (Å²) in [5, 5.41) is 0. The molecule has 0 saturated heterocycles. The Kier molecular flexibility index (Phi) is 7.00. The number of hydrogen-bond donors (Lipinski definition) is 1. The molecule has 2 amide bonds. The van der Waals surface area contributed by atoms with Gasteiger partial charge in [-0.05, 0) is 13.8 Å².